The molecule has 0 spiro atoms. The maximum absolute atomic E-state index is 10.1. The third-order valence-electron chi connectivity index (χ3n) is 4.46. The topological polar surface area (TPSA) is 190 Å². The third kappa shape index (κ3) is 3.43. The van der Waals surface area contributed by atoms with Crippen LogP contribution in [0.25, 0.3) is 0 Å². The summed E-state index contributed by atoms with van der Waals surface area (Å²) in [5.74, 6) is 0. The average molecular weight is 356 g/mol. The zero-order valence-electron chi connectivity index (χ0n) is 12.9. The molecule has 1 aliphatic carbocycles. The van der Waals surface area contributed by atoms with Crippen LogP contribution in [0.5, 0.6) is 0 Å². The van der Waals surface area contributed by atoms with Crippen molar-refractivity contribution in [2.75, 3.05) is 13.7 Å². The molecule has 0 bridgehead atoms. The van der Waals surface area contributed by atoms with Crippen molar-refractivity contribution in [3.8, 4) is 0 Å². The van der Waals surface area contributed by atoms with Gasteiger partial charge in [-0.2, -0.15) is 0 Å². The highest BCUT2D eigenvalue weighted by Crippen LogP contribution is 2.30. The molecule has 142 valence electrons. The molecular weight excluding hydrogens is 332 g/mol. The molecule has 11 nitrogen and oxygen atoms in total. The van der Waals surface area contributed by atoms with Gasteiger partial charge in [0, 0.05) is 7.11 Å². The van der Waals surface area contributed by atoms with Gasteiger partial charge in [-0.25, -0.2) is 0 Å². The van der Waals surface area contributed by atoms with Gasteiger partial charge in [0.2, 0.25) is 0 Å². The van der Waals surface area contributed by atoms with Crippen LogP contribution in [0.15, 0.2) is 0 Å². The van der Waals surface area contributed by atoms with Gasteiger partial charge < -0.3 is 55.1 Å². The van der Waals surface area contributed by atoms with Crippen molar-refractivity contribution in [2.24, 2.45) is 0 Å². The Bertz CT molecular complexity index is 391. The molecule has 0 aromatic heterocycles. The molecule has 1 heterocycles. The Kier molecular flexibility index (Phi) is 6.50. The number of hydrogen-bond acceptors (Lipinski definition) is 11. The number of methoxy groups -OCH3 is 1. The van der Waals surface area contributed by atoms with E-state index in [9.17, 15) is 35.7 Å². The summed E-state index contributed by atoms with van der Waals surface area (Å²) in [6.07, 6.45) is -17.3. The van der Waals surface area contributed by atoms with Gasteiger partial charge in [-0.15, -0.1) is 0 Å². The lowest BCUT2D eigenvalue weighted by Crippen LogP contribution is -2.67. The summed E-state index contributed by atoms with van der Waals surface area (Å²) in [5, 5.41) is 78.4. The number of rotatable bonds is 4. The van der Waals surface area contributed by atoms with Crippen LogP contribution in [-0.4, -0.2) is 122 Å². The molecule has 0 amide bonds. The van der Waals surface area contributed by atoms with Crippen LogP contribution >= 0.6 is 0 Å². The van der Waals surface area contributed by atoms with E-state index < -0.39 is 73.9 Å². The minimum atomic E-state index is -1.75. The Morgan fingerprint density at radius 2 is 1.21 bits per heavy atom. The first kappa shape index (κ1) is 19.9. The van der Waals surface area contributed by atoms with E-state index >= 15 is 0 Å². The SMILES string of the molecule is COC1[C@@H](O)[C@@H](O)C(O[C@@H]2O[C@H](CO)[C@H](O)[C@H](O)[C@H]2O)[C@H](O)[C@H]1O. The third-order valence-corrected chi connectivity index (χ3v) is 4.46. The molecule has 2 rings (SSSR count). The van der Waals surface area contributed by atoms with Crippen molar-refractivity contribution in [1.29, 1.82) is 0 Å². The molecule has 24 heavy (non-hydrogen) atoms. The highest BCUT2D eigenvalue weighted by atomic mass is 16.7. The van der Waals surface area contributed by atoms with E-state index in [1.807, 2.05) is 0 Å². The van der Waals surface area contributed by atoms with Gasteiger partial charge in [-0.1, -0.05) is 0 Å². The van der Waals surface area contributed by atoms with Gasteiger partial charge in [0.1, 0.15) is 61.0 Å². The molecule has 2 aliphatic rings. The Morgan fingerprint density at radius 1 is 0.708 bits per heavy atom. The maximum Gasteiger partial charge on any atom is 0.187 e. The van der Waals surface area contributed by atoms with Gasteiger partial charge in [0.15, 0.2) is 6.29 Å². The average Bonchev–Trinajstić information content (AvgIpc) is 2.57. The number of ether oxygens (including phenoxy) is 3. The van der Waals surface area contributed by atoms with Crippen molar-refractivity contribution in [1.82, 2.24) is 0 Å². The summed E-state index contributed by atoms with van der Waals surface area (Å²) >= 11 is 0. The number of hydrogen-bond donors (Lipinski definition) is 8. The molecule has 0 aromatic carbocycles. The maximum atomic E-state index is 10.1. The van der Waals surface area contributed by atoms with E-state index in [4.69, 9.17) is 19.3 Å². The fourth-order valence-electron chi connectivity index (χ4n) is 2.96. The Balaban J connectivity index is 2.13. The van der Waals surface area contributed by atoms with Gasteiger partial charge in [-0.3, -0.25) is 0 Å². The molecule has 0 radical (unpaired) electrons. The summed E-state index contributed by atoms with van der Waals surface area (Å²) in [6.45, 7) is -0.683. The molecule has 0 aromatic rings. The van der Waals surface area contributed by atoms with Crippen molar-refractivity contribution in [3.05, 3.63) is 0 Å². The first-order chi connectivity index (χ1) is 11.2. The van der Waals surface area contributed by atoms with Crippen molar-refractivity contribution >= 4 is 0 Å². The highest BCUT2D eigenvalue weighted by molar-refractivity contribution is 5.01. The second-order valence-electron chi connectivity index (χ2n) is 5.96. The van der Waals surface area contributed by atoms with Crippen LogP contribution < -0.4 is 0 Å². The minimum absolute atomic E-state index is 0.683. The zero-order chi connectivity index (χ0) is 18.2. The quantitative estimate of drug-likeness (QED) is 0.240. The molecule has 11 atom stereocenters. The zero-order valence-corrected chi connectivity index (χ0v) is 12.9. The molecule has 1 aliphatic heterocycles. The van der Waals surface area contributed by atoms with Crippen LogP contribution in [0.2, 0.25) is 0 Å². The van der Waals surface area contributed by atoms with E-state index in [1.54, 1.807) is 0 Å². The summed E-state index contributed by atoms with van der Waals surface area (Å²) in [5.41, 5.74) is 0. The predicted octanol–water partition coefficient (Wildman–Crippen LogP) is -5.36. The second-order valence-corrected chi connectivity index (χ2v) is 5.96. The standard InChI is InChI=1S/C13H24O11/c1-22-11-6(17)8(19)12(9(20)7(11)18)24-13-10(21)5(16)4(15)3(2-14)23-13/h3-21H,2H2,1H3/t3-,4+,5+,6-,7+,8-,9-,10-,11?,12?,13+/m1/s1. The van der Waals surface area contributed by atoms with Crippen molar-refractivity contribution < 1.29 is 55.1 Å². The lowest BCUT2D eigenvalue weighted by Gasteiger charge is -2.46. The van der Waals surface area contributed by atoms with Crippen LogP contribution in [0, 0.1) is 0 Å². The molecular formula is C13H24O11. The first-order valence-corrected chi connectivity index (χ1v) is 7.45. The van der Waals surface area contributed by atoms with E-state index in [0.717, 1.165) is 0 Å². The first-order valence-electron chi connectivity index (χ1n) is 7.45. The monoisotopic (exact) mass is 356 g/mol. The molecule has 1 saturated carbocycles. The molecule has 2 fully saturated rings. The van der Waals surface area contributed by atoms with Gasteiger partial charge >= 0.3 is 0 Å². The van der Waals surface area contributed by atoms with Crippen molar-refractivity contribution in [3.63, 3.8) is 0 Å². The fourth-order valence-corrected chi connectivity index (χ4v) is 2.96. The van der Waals surface area contributed by atoms with E-state index in [2.05, 4.69) is 0 Å². The van der Waals surface area contributed by atoms with Crippen LogP contribution in [0.4, 0.5) is 0 Å². The Morgan fingerprint density at radius 3 is 1.67 bits per heavy atom. The predicted molar refractivity (Wildman–Crippen MR) is 73.5 cm³/mol. The summed E-state index contributed by atoms with van der Waals surface area (Å²) in [7, 11) is 1.18. The molecule has 2 unspecified atom stereocenters. The summed E-state index contributed by atoms with van der Waals surface area (Å²) < 4.78 is 15.1. The second kappa shape index (κ2) is 7.85. The Hall–Kier alpha value is -0.440. The summed E-state index contributed by atoms with van der Waals surface area (Å²) in [4.78, 5) is 0. The Labute approximate surface area is 137 Å². The minimum Gasteiger partial charge on any atom is -0.394 e. The highest BCUT2D eigenvalue weighted by Gasteiger charge is 2.53. The largest absolute Gasteiger partial charge is 0.394 e. The lowest BCUT2D eigenvalue weighted by molar-refractivity contribution is -0.340. The van der Waals surface area contributed by atoms with Gasteiger partial charge in [-0.05, 0) is 0 Å². The van der Waals surface area contributed by atoms with E-state index in [1.165, 1.54) is 7.11 Å². The lowest BCUT2D eigenvalue weighted by atomic mass is 9.84. The van der Waals surface area contributed by atoms with Crippen LogP contribution in [0.1, 0.15) is 0 Å². The smallest absolute Gasteiger partial charge is 0.187 e. The number of aliphatic hydroxyl groups excluding tert-OH is 8. The normalized spacial score (nSPS) is 53.1. The van der Waals surface area contributed by atoms with Crippen LogP contribution in [0.3, 0.4) is 0 Å². The van der Waals surface area contributed by atoms with Crippen LogP contribution in [-0.2, 0) is 14.2 Å². The number of aliphatic hydroxyl groups is 8. The van der Waals surface area contributed by atoms with Gasteiger partial charge in [0.05, 0.1) is 6.61 Å². The van der Waals surface area contributed by atoms with E-state index in [0.29, 0.717) is 0 Å². The summed E-state index contributed by atoms with van der Waals surface area (Å²) in [6, 6.07) is 0. The fraction of sp³-hybridized carbons (Fsp3) is 1.00. The molecule has 8 N–H and O–H groups in total. The molecule has 1 saturated heterocycles. The van der Waals surface area contributed by atoms with Gasteiger partial charge in [0.25, 0.3) is 0 Å². The van der Waals surface area contributed by atoms with E-state index in [-0.39, 0.29) is 0 Å². The van der Waals surface area contributed by atoms with Crippen molar-refractivity contribution in [2.45, 2.75) is 67.3 Å². The molecule has 11 heteroatoms.